The molecule has 1 aromatic heterocycles. The first kappa shape index (κ1) is 11.7. The molecule has 0 saturated carbocycles. The summed E-state index contributed by atoms with van der Waals surface area (Å²) in [5.41, 5.74) is 8.03. The van der Waals surface area contributed by atoms with Crippen molar-refractivity contribution in [3.63, 3.8) is 0 Å². The van der Waals surface area contributed by atoms with E-state index >= 15 is 0 Å². The molecule has 4 nitrogen and oxygen atoms in total. The number of nitrogen functional groups attached to an aromatic ring is 1. The number of hydrogen-bond donors (Lipinski definition) is 1. The number of halogens is 1. The van der Waals surface area contributed by atoms with Gasteiger partial charge in [0, 0.05) is 21.8 Å². The third-order valence-electron chi connectivity index (χ3n) is 2.66. The Morgan fingerprint density at radius 1 is 1.00 bits per heavy atom. The molecule has 1 heterocycles. The summed E-state index contributed by atoms with van der Waals surface area (Å²) in [6, 6.07) is 14.6. The minimum Gasteiger partial charge on any atom is -0.399 e. The lowest BCUT2D eigenvalue weighted by molar-refractivity contribution is 0.432. The molecule has 0 spiro atoms. The van der Waals surface area contributed by atoms with Gasteiger partial charge in [-0.2, -0.15) is 4.98 Å². The van der Waals surface area contributed by atoms with Crippen LogP contribution in [0.1, 0.15) is 0 Å². The van der Waals surface area contributed by atoms with Crippen molar-refractivity contribution in [1.29, 1.82) is 0 Å². The smallest absolute Gasteiger partial charge is 0.258 e. The summed E-state index contributed by atoms with van der Waals surface area (Å²) in [7, 11) is 0. The maximum Gasteiger partial charge on any atom is 0.258 e. The fourth-order valence-corrected chi connectivity index (χ4v) is 1.85. The zero-order valence-corrected chi connectivity index (χ0v) is 10.6. The standard InChI is InChI=1S/C14H10ClN3O/c15-11-6-4-9(5-7-11)13-17-14(19-18-13)10-2-1-3-12(16)8-10/h1-8H,16H2. The van der Waals surface area contributed by atoms with Crippen molar-refractivity contribution < 1.29 is 4.52 Å². The molecule has 19 heavy (non-hydrogen) atoms. The first-order valence-corrected chi connectivity index (χ1v) is 6.06. The molecule has 0 aliphatic heterocycles. The molecule has 0 saturated heterocycles. The predicted molar refractivity (Wildman–Crippen MR) is 74.6 cm³/mol. The highest BCUT2D eigenvalue weighted by Gasteiger charge is 2.10. The van der Waals surface area contributed by atoms with Crippen molar-refractivity contribution in [3.8, 4) is 22.8 Å². The van der Waals surface area contributed by atoms with E-state index in [0.29, 0.717) is 22.4 Å². The van der Waals surface area contributed by atoms with Crippen molar-refractivity contribution in [2.45, 2.75) is 0 Å². The molecule has 0 unspecified atom stereocenters. The lowest BCUT2D eigenvalue weighted by Gasteiger charge is -1.95. The van der Waals surface area contributed by atoms with E-state index in [1.54, 1.807) is 24.3 Å². The Hall–Kier alpha value is -2.33. The fraction of sp³-hybridized carbons (Fsp3) is 0. The minimum absolute atomic E-state index is 0.442. The van der Waals surface area contributed by atoms with Crippen LogP contribution in [0.15, 0.2) is 53.1 Å². The Bertz CT molecular complexity index is 707. The van der Waals surface area contributed by atoms with Crippen LogP contribution in [0.5, 0.6) is 0 Å². The minimum atomic E-state index is 0.442. The van der Waals surface area contributed by atoms with E-state index in [1.807, 2.05) is 24.3 Å². The van der Waals surface area contributed by atoms with Crippen LogP contribution in [-0.4, -0.2) is 10.1 Å². The van der Waals surface area contributed by atoms with Crippen molar-refractivity contribution in [3.05, 3.63) is 53.6 Å². The Labute approximate surface area is 114 Å². The van der Waals surface area contributed by atoms with Crippen molar-refractivity contribution in [2.75, 3.05) is 5.73 Å². The van der Waals surface area contributed by atoms with E-state index < -0.39 is 0 Å². The SMILES string of the molecule is Nc1cccc(-c2nc(-c3ccc(Cl)cc3)no2)c1. The molecule has 3 rings (SSSR count). The Morgan fingerprint density at radius 3 is 2.53 bits per heavy atom. The van der Waals surface area contributed by atoms with Gasteiger partial charge in [-0.1, -0.05) is 22.8 Å². The van der Waals surface area contributed by atoms with Crippen LogP contribution >= 0.6 is 11.6 Å². The van der Waals surface area contributed by atoms with Crippen LogP contribution in [-0.2, 0) is 0 Å². The highest BCUT2D eigenvalue weighted by atomic mass is 35.5. The van der Waals surface area contributed by atoms with Gasteiger partial charge in [0.1, 0.15) is 0 Å². The van der Waals surface area contributed by atoms with Crippen LogP contribution in [0.25, 0.3) is 22.8 Å². The van der Waals surface area contributed by atoms with Gasteiger partial charge in [-0.15, -0.1) is 0 Å². The van der Waals surface area contributed by atoms with E-state index in [9.17, 15) is 0 Å². The van der Waals surface area contributed by atoms with E-state index in [2.05, 4.69) is 10.1 Å². The van der Waals surface area contributed by atoms with Gasteiger partial charge in [-0.05, 0) is 42.5 Å². The summed E-state index contributed by atoms with van der Waals surface area (Å²) < 4.78 is 5.24. The first-order valence-electron chi connectivity index (χ1n) is 5.68. The van der Waals surface area contributed by atoms with Gasteiger partial charge < -0.3 is 10.3 Å². The predicted octanol–water partition coefficient (Wildman–Crippen LogP) is 3.64. The molecule has 3 aromatic rings. The van der Waals surface area contributed by atoms with E-state index in [4.69, 9.17) is 21.9 Å². The highest BCUT2D eigenvalue weighted by Crippen LogP contribution is 2.24. The second kappa shape index (κ2) is 4.74. The molecule has 0 atom stereocenters. The average molecular weight is 272 g/mol. The molecule has 0 fully saturated rings. The molecule has 94 valence electrons. The molecular formula is C14H10ClN3O. The Balaban J connectivity index is 1.97. The topological polar surface area (TPSA) is 64.9 Å². The molecule has 0 radical (unpaired) electrons. The van der Waals surface area contributed by atoms with Gasteiger partial charge in [-0.3, -0.25) is 0 Å². The molecule has 2 N–H and O–H groups in total. The van der Waals surface area contributed by atoms with Crippen molar-refractivity contribution >= 4 is 17.3 Å². The summed E-state index contributed by atoms with van der Waals surface area (Å²) in [5.74, 6) is 0.964. The molecule has 0 amide bonds. The van der Waals surface area contributed by atoms with Gasteiger partial charge in [0.15, 0.2) is 0 Å². The normalized spacial score (nSPS) is 10.6. The molecule has 0 aliphatic rings. The third-order valence-corrected chi connectivity index (χ3v) is 2.91. The van der Waals surface area contributed by atoms with Crippen molar-refractivity contribution in [2.24, 2.45) is 0 Å². The van der Waals surface area contributed by atoms with Crippen molar-refractivity contribution in [1.82, 2.24) is 10.1 Å². The summed E-state index contributed by atoms with van der Waals surface area (Å²) >= 11 is 5.84. The van der Waals surface area contributed by atoms with Crippen LogP contribution in [0.4, 0.5) is 5.69 Å². The molecule has 5 heteroatoms. The number of nitrogens with two attached hydrogens (primary N) is 1. The van der Waals surface area contributed by atoms with Gasteiger partial charge >= 0.3 is 0 Å². The largest absolute Gasteiger partial charge is 0.399 e. The lowest BCUT2D eigenvalue weighted by atomic mass is 10.2. The number of aromatic nitrogens is 2. The number of anilines is 1. The van der Waals surface area contributed by atoms with Crippen LogP contribution in [0, 0.1) is 0 Å². The van der Waals surface area contributed by atoms with E-state index in [1.165, 1.54) is 0 Å². The maximum atomic E-state index is 5.84. The van der Waals surface area contributed by atoms with Crippen LogP contribution < -0.4 is 5.73 Å². The first-order chi connectivity index (χ1) is 9.22. The zero-order valence-electron chi connectivity index (χ0n) is 9.88. The summed E-state index contributed by atoms with van der Waals surface area (Å²) in [6.45, 7) is 0. The fourth-order valence-electron chi connectivity index (χ4n) is 1.73. The summed E-state index contributed by atoms with van der Waals surface area (Å²) in [4.78, 5) is 4.35. The zero-order chi connectivity index (χ0) is 13.2. The molecule has 0 aliphatic carbocycles. The second-order valence-electron chi connectivity index (χ2n) is 4.06. The van der Waals surface area contributed by atoms with E-state index in [-0.39, 0.29) is 0 Å². The highest BCUT2D eigenvalue weighted by molar-refractivity contribution is 6.30. The number of rotatable bonds is 2. The van der Waals surface area contributed by atoms with Gasteiger partial charge in [0.05, 0.1) is 0 Å². The number of hydrogen-bond acceptors (Lipinski definition) is 4. The Morgan fingerprint density at radius 2 is 1.79 bits per heavy atom. The molecule has 2 aromatic carbocycles. The number of benzene rings is 2. The quantitative estimate of drug-likeness (QED) is 0.723. The second-order valence-corrected chi connectivity index (χ2v) is 4.49. The van der Waals surface area contributed by atoms with Gasteiger partial charge in [0.25, 0.3) is 5.89 Å². The summed E-state index contributed by atoms with van der Waals surface area (Å²) in [6.07, 6.45) is 0. The van der Waals surface area contributed by atoms with Crippen LogP contribution in [0.3, 0.4) is 0 Å². The lowest BCUT2D eigenvalue weighted by Crippen LogP contribution is -1.85. The number of nitrogens with zero attached hydrogens (tertiary/aromatic N) is 2. The van der Waals surface area contributed by atoms with Gasteiger partial charge in [0.2, 0.25) is 5.82 Å². The monoisotopic (exact) mass is 271 g/mol. The Kier molecular flexibility index (Phi) is 2.93. The average Bonchev–Trinajstić information content (AvgIpc) is 2.89. The van der Waals surface area contributed by atoms with E-state index in [0.717, 1.165) is 11.1 Å². The third kappa shape index (κ3) is 2.44. The molecular weight excluding hydrogens is 262 g/mol. The summed E-state index contributed by atoms with van der Waals surface area (Å²) in [5, 5.41) is 4.62. The van der Waals surface area contributed by atoms with Gasteiger partial charge in [-0.25, -0.2) is 0 Å². The maximum absolute atomic E-state index is 5.84. The van der Waals surface area contributed by atoms with Crippen LogP contribution in [0.2, 0.25) is 5.02 Å². The molecule has 0 bridgehead atoms.